The molecule has 1 aromatic carbocycles. The summed E-state index contributed by atoms with van der Waals surface area (Å²) in [7, 11) is 1.66. The Bertz CT molecular complexity index is 723. The molecule has 0 aliphatic carbocycles. The number of benzene rings is 1. The molecule has 23 heavy (non-hydrogen) atoms. The lowest BCUT2D eigenvalue weighted by molar-refractivity contribution is 0.0525. The van der Waals surface area contributed by atoms with E-state index in [0.29, 0.717) is 17.9 Å². The minimum atomic E-state index is -0.315. The zero-order chi connectivity index (χ0) is 17.0. The van der Waals surface area contributed by atoms with Gasteiger partial charge in [0, 0.05) is 5.56 Å². The Kier molecular flexibility index (Phi) is 5.37. The molecule has 0 fully saturated rings. The molecule has 0 amide bonds. The monoisotopic (exact) mass is 313 g/mol. The lowest BCUT2D eigenvalue weighted by Crippen LogP contribution is -2.10. The first-order valence-corrected chi connectivity index (χ1v) is 7.84. The number of aromatic nitrogens is 1. The summed E-state index contributed by atoms with van der Waals surface area (Å²) in [5, 5.41) is 0. The fourth-order valence-electron chi connectivity index (χ4n) is 2.59. The summed E-state index contributed by atoms with van der Waals surface area (Å²) >= 11 is 0. The zero-order valence-electron chi connectivity index (χ0n) is 14.4. The summed E-state index contributed by atoms with van der Waals surface area (Å²) in [4.78, 5) is 16.7. The summed E-state index contributed by atoms with van der Waals surface area (Å²) in [5.41, 5.74) is 5.32. The van der Waals surface area contributed by atoms with Gasteiger partial charge in [-0.25, -0.2) is 4.79 Å². The molecule has 0 radical (unpaired) electrons. The molecule has 0 unspecified atom stereocenters. The van der Waals surface area contributed by atoms with Gasteiger partial charge in [0.25, 0.3) is 0 Å². The van der Waals surface area contributed by atoms with Crippen LogP contribution < -0.4 is 4.74 Å². The van der Waals surface area contributed by atoms with Crippen LogP contribution in [0.15, 0.2) is 24.3 Å². The van der Waals surface area contributed by atoms with Gasteiger partial charge in [-0.2, -0.15) is 0 Å². The highest BCUT2D eigenvalue weighted by Gasteiger charge is 2.17. The predicted octanol–water partition coefficient (Wildman–Crippen LogP) is 4.11. The standard InChI is InChI=1S/C19H23NO3/c1-6-14-11-17(19(21)23-7-2)13(4)20-18(14)16-9-8-15(22-5)10-12(16)3/h8-11H,6-7H2,1-5H3. The number of ether oxygens (including phenoxy) is 2. The summed E-state index contributed by atoms with van der Waals surface area (Å²) in [6.07, 6.45) is 0.792. The van der Waals surface area contributed by atoms with E-state index < -0.39 is 0 Å². The Balaban J connectivity index is 2.55. The van der Waals surface area contributed by atoms with Gasteiger partial charge in [-0.05, 0) is 62.6 Å². The Labute approximate surface area is 137 Å². The number of carbonyl (C=O) groups excluding carboxylic acids is 1. The first-order valence-electron chi connectivity index (χ1n) is 7.84. The minimum absolute atomic E-state index is 0.315. The fraction of sp³-hybridized carbons (Fsp3) is 0.368. The molecule has 0 aliphatic rings. The minimum Gasteiger partial charge on any atom is -0.497 e. The maximum atomic E-state index is 12.1. The molecule has 0 bridgehead atoms. The van der Waals surface area contributed by atoms with Gasteiger partial charge in [0.15, 0.2) is 0 Å². The molecule has 4 nitrogen and oxygen atoms in total. The third-order valence-corrected chi connectivity index (χ3v) is 3.86. The number of pyridine rings is 1. The van der Waals surface area contributed by atoms with E-state index in [1.54, 1.807) is 14.0 Å². The second-order valence-corrected chi connectivity index (χ2v) is 5.38. The largest absolute Gasteiger partial charge is 0.497 e. The molecule has 1 aromatic heterocycles. The third-order valence-electron chi connectivity index (χ3n) is 3.86. The van der Waals surface area contributed by atoms with Gasteiger partial charge in [0.2, 0.25) is 0 Å². The smallest absolute Gasteiger partial charge is 0.339 e. The van der Waals surface area contributed by atoms with Crippen LogP contribution in [-0.4, -0.2) is 24.7 Å². The molecule has 0 spiro atoms. The summed E-state index contributed by atoms with van der Waals surface area (Å²) < 4.78 is 10.4. The third kappa shape index (κ3) is 3.52. The Morgan fingerprint density at radius 3 is 2.48 bits per heavy atom. The first-order chi connectivity index (χ1) is 11.0. The van der Waals surface area contributed by atoms with Crippen LogP contribution in [0, 0.1) is 13.8 Å². The van der Waals surface area contributed by atoms with Crippen molar-refractivity contribution in [3.63, 3.8) is 0 Å². The molecule has 2 aromatic rings. The fourth-order valence-corrected chi connectivity index (χ4v) is 2.59. The Morgan fingerprint density at radius 2 is 1.91 bits per heavy atom. The number of rotatable bonds is 5. The van der Waals surface area contributed by atoms with Gasteiger partial charge in [-0.1, -0.05) is 6.92 Å². The molecule has 122 valence electrons. The number of hydrogen-bond donors (Lipinski definition) is 0. The van der Waals surface area contributed by atoms with Crippen LogP contribution >= 0.6 is 0 Å². The van der Waals surface area contributed by atoms with Crippen LogP contribution in [-0.2, 0) is 11.2 Å². The highest BCUT2D eigenvalue weighted by molar-refractivity contribution is 5.91. The van der Waals surface area contributed by atoms with Gasteiger partial charge in [-0.15, -0.1) is 0 Å². The van der Waals surface area contributed by atoms with Crippen molar-refractivity contribution in [3.8, 4) is 17.0 Å². The molecule has 1 heterocycles. The second kappa shape index (κ2) is 7.27. The summed E-state index contributed by atoms with van der Waals surface area (Å²) in [6.45, 7) is 8.10. The van der Waals surface area contributed by atoms with Gasteiger partial charge in [0.05, 0.1) is 30.7 Å². The van der Waals surface area contributed by atoms with E-state index in [9.17, 15) is 4.79 Å². The molecule has 4 heteroatoms. The zero-order valence-corrected chi connectivity index (χ0v) is 14.4. The van der Waals surface area contributed by atoms with E-state index >= 15 is 0 Å². The topological polar surface area (TPSA) is 48.4 Å². The van der Waals surface area contributed by atoms with E-state index in [0.717, 1.165) is 34.6 Å². The van der Waals surface area contributed by atoms with Gasteiger partial charge in [-0.3, -0.25) is 4.98 Å². The van der Waals surface area contributed by atoms with Crippen LogP contribution in [0.25, 0.3) is 11.3 Å². The van der Waals surface area contributed by atoms with Crippen molar-refractivity contribution in [2.45, 2.75) is 34.1 Å². The first kappa shape index (κ1) is 17.0. The molecule has 2 rings (SSSR count). The molecule has 0 saturated carbocycles. The van der Waals surface area contributed by atoms with Crippen LogP contribution in [0.4, 0.5) is 0 Å². The van der Waals surface area contributed by atoms with E-state index in [1.807, 2.05) is 38.1 Å². The quantitative estimate of drug-likeness (QED) is 0.779. The molecular weight excluding hydrogens is 290 g/mol. The number of nitrogens with zero attached hydrogens (tertiary/aromatic N) is 1. The molecular formula is C19H23NO3. The molecule has 0 aliphatic heterocycles. The number of carbonyl (C=O) groups is 1. The van der Waals surface area contributed by atoms with Crippen LogP contribution in [0.5, 0.6) is 5.75 Å². The summed E-state index contributed by atoms with van der Waals surface area (Å²) in [6, 6.07) is 7.83. The molecule has 0 saturated heterocycles. The van der Waals surface area contributed by atoms with Crippen molar-refractivity contribution in [1.82, 2.24) is 4.98 Å². The van der Waals surface area contributed by atoms with Gasteiger partial charge in [0.1, 0.15) is 5.75 Å². The normalized spacial score (nSPS) is 10.5. The number of hydrogen-bond acceptors (Lipinski definition) is 4. The van der Waals surface area contributed by atoms with E-state index in [2.05, 4.69) is 6.92 Å². The van der Waals surface area contributed by atoms with Gasteiger partial charge < -0.3 is 9.47 Å². The van der Waals surface area contributed by atoms with Gasteiger partial charge >= 0.3 is 5.97 Å². The van der Waals surface area contributed by atoms with Crippen molar-refractivity contribution in [2.24, 2.45) is 0 Å². The van der Waals surface area contributed by atoms with Crippen LogP contribution in [0.2, 0.25) is 0 Å². The highest BCUT2D eigenvalue weighted by Crippen LogP contribution is 2.30. The summed E-state index contributed by atoms with van der Waals surface area (Å²) in [5.74, 6) is 0.509. The van der Waals surface area contributed by atoms with Crippen molar-refractivity contribution < 1.29 is 14.3 Å². The number of methoxy groups -OCH3 is 1. The van der Waals surface area contributed by atoms with Crippen molar-refractivity contribution in [1.29, 1.82) is 0 Å². The Hall–Kier alpha value is -2.36. The predicted molar refractivity (Wildman–Crippen MR) is 91.0 cm³/mol. The van der Waals surface area contributed by atoms with Crippen molar-refractivity contribution >= 4 is 5.97 Å². The average molecular weight is 313 g/mol. The van der Waals surface area contributed by atoms with Crippen molar-refractivity contribution in [2.75, 3.05) is 13.7 Å². The number of esters is 1. The molecule has 0 atom stereocenters. The van der Waals surface area contributed by atoms with Crippen molar-refractivity contribution in [3.05, 3.63) is 46.6 Å². The highest BCUT2D eigenvalue weighted by atomic mass is 16.5. The van der Waals surface area contributed by atoms with Crippen LogP contribution in [0.3, 0.4) is 0 Å². The number of aryl methyl sites for hydroxylation is 3. The lowest BCUT2D eigenvalue weighted by Gasteiger charge is -2.14. The lowest BCUT2D eigenvalue weighted by atomic mass is 9.97. The average Bonchev–Trinajstić information content (AvgIpc) is 2.54. The van der Waals surface area contributed by atoms with E-state index in [4.69, 9.17) is 14.5 Å². The maximum Gasteiger partial charge on any atom is 0.339 e. The molecule has 0 N–H and O–H groups in total. The second-order valence-electron chi connectivity index (χ2n) is 5.38. The SMILES string of the molecule is CCOC(=O)c1cc(CC)c(-c2ccc(OC)cc2C)nc1C. The Morgan fingerprint density at radius 1 is 1.17 bits per heavy atom. The van der Waals surface area contributed by atoms with E-state index in [-0.39, 0.29) is 5.97 Å². The maximum absolute atomic E-state index is 12.1. The van der Waals surface area contributed by atoms with E-state index in [1.165, 1.54) is 0 Å². The van der Waals surface area contributed by atoms with Crippen LogP contribution in [0.1, 0.15) is 41.0 Å².